The summed E-state index contributed by atoms with van der Waals surface area (Å²) in [6.45, 7) is 33.7. The maximum absolute atomic E-state index is 7.72. The van der Waals surface area contributed by atoms with Crippen molar-refractivity contribution in [3.63, 3.8) is 0 Å². The molecule has 0 aromatic heterocycles. The van der Waals surface area contributed by atoms with Crippen molar-refractivity contribution in [2.75, 3.05) is 9.80 Å². The van der Waals surface area contributed by atoms with Gasteiger partial charge in [0.2, 0.25) is 0 Å². The summed E-state index contributed by atoms with van der Waals surface area (Å²) in [6.07, 6.45) is 4.59. The van der Waals surface area contributed by atoms with Gasteiger partial charge in [0.1, 0.15) is 0 Å². The number of halogens is 1. The van der Waals surface area contributed by atoms with E-state index >= 15 is 0 Å². The van der Waals surface area contributed by atoms with Crippen LogP contribution in [0.4, 0.5) is 34.1 Å². The highest BCUT2D eigenvalue weighted by molar-refractivity contribution is 7.00. The van der Waals surface area contributed by atoms with Gasteiger partial charge < -0.3 is 9.80 Å². The fourth-order valence-electron chi connectivity index (χ4n) is 12.7. The van der Waals surface area contributed by atoms with E-state index in [2.05, 4.69) is 240 Å². The third-order valence-electron chi connectivity index (χ3n) is 17.4. The van der Waals surface area contributed by atoms with Gasteiger partial charge in [-0.3, -0.25) is 0 Å². The van der Waals surface area contributed by atoms with E-state index in [0.29, 0.717) is 0 Å². The van der Waals surface area contributed by atoms with Gasteiger partial charge in [-0.25, -0.2) is 0 Å². The molecule has 0 radical (unpaired) electrons. The third kappa shape index (κ3) is 7.42. The van der Waals surface area contributed by atoms with Crippen LogP contribution in [0.1, 0.15) is 156 Å². The predicted molar refractivity (Wildman–Crippen MR) is 304 cm³/mol. The Hall–Kier alpha value is -5.51. The average molecular weight is 940 g/mol. The van der Waals surface area contributed by atoms with Gasteiger partial charge in [-0.15, -0.1) is 0 Å². The van der Waals surface area contributed by atoms with Crippen molar-refractivity contribution in [2.24, 2.45) is 0 Å². The fraction of sp³-hybridized carbons (Fsp3) is 0.364. The molecule has 4 aliphatic rings. The average Bonchev–Trinajstić information content (AvgIpc) is 3.31. The van der Waals surface area contributed by atoms with Crippen LogP contribution in [0.25, 0.3) is 22.3 Å². The van der Waals surface area contributed by atoms with E-state index in [1.165, 1.54) is 94.8 Å². The summed E-state index contributed by atoms with van der Waals surface area (Å²) in [4.78, 5) is 5.25. The van der Waals surface area contributed by atoms with Crippen LogP contribution in [0, 0.1) is 0 Å². The minimum atomic E-state index is -0.0416. The van der Waals surface area contributed by atoms with E-state index < -0.39 is 0 Å². The summed E-state index contributed by atoms with van der Waals surface area (Å²) < 4.78 is 0. The van der Waals surface area contributed by atoms with Gasteiger partial charge in [-0.05, 0) is 168 Å². The molecule has 7 aromatic carbocycles. The monoisotopic (exact) mass is 939 g/mol. The van der Waals surface area contributed by atoms with Crippen molar-refractivity contribution in [1.82, 2.24) is 0 Å². The summed E-state index contributed by atoms with van der Waals surface area (Å²) in [5.41, 5.74) is 24.5. The Bertz CT molecular complexity index is 3040. The fourth-order valence-corrected chi connectivity index (χ4v) is 12.9. The van der Waals surface area contributed by atoms with E-state index in [4.69, 9.17) is 11.6 Å². The molecule has 0 bridgehead atoms. The first kappa shape index (κ1) is 46.9. The molecule has 11 rings (SSSR count). The maximum Gasteiger partial charge on any atom is 0.252 e. The molecule has 0 fully saturated rings. The van der Waals surface area contributed by atoms with Crippen LogP contribution >= 0.6 is 11.6 Å². The van der Waals surface area contributed by atoms with Crippen molar-refractivity contribution in [2.45, 2.75) is 155 Å². The van der Waals surface area contributed by atoms with Crippen LogP contribution in [0.2, 0.25) is 5.02 Å². The number of hydrogen-bond acceptors (Lipinski definition) is 2. The highest BCUT2D eigenvalue weighted by Gasteiger charge is 2.49. The first-order valence-corrected chi connectivity index (χ1v) is 26.5. The molecule has 4 heteroatoms. The first-order chi connectivity index (χ1) is 32.9. The van der Waals surface area contributed by atoms with Crippen LogP contribution in [-0.4, -0.2) is 6.71 Å². The predicted octanol–water partition coefficient (Wildman–Crippen LogP) is 17.0. The smallest absolute Gasteiger partial charge is 0.252 e. The summed E-state index contributed by atoms with van der Waals surface area (Å²) in [7, 11) is 0. The first-order valence-electron chi connectivity index (χ1n) is 26.1. The molecule has 0 N–H and O–H groups in total. The quantitative estimate of drug-likeness (QED) is 0.162. The second-order valence-corrected chi connectivity index (χ2v) is 26.5. The van der Waals surface area contributed by atoms with Crippen molar-refractivity contribution >= 4 is 68.8 Å². The SMILES string of the molecule is CC(C)(C)c1ccc(N2c3cc4c(cc3B3c5cc6c(cc5N(c5ccc(C(C)(C)C)cc5-c5ccccc5)c5cc(Cl)cc2c53)C(C)(C)CCC6(C)C)C(C)(C)CCC4(C)C)c(-c2ccccc2)c1. The molecule has 0 unspecified atom stereocenters. The molecule has 0 atom stereocenters. The highest BCUT2D eigenvalue weighted by Crippen LogP contribution is 2.55. The van der Waals surface area contributed by atoms with Crippen LogP contribution in [0.5, 0.6) is 0 Å². The number of rotatable bonds is 4. The summed E-state index contributed by atoms with van der Waals surface area (Å²) >= 11 is 7.72. The Morgan fingerprint density at radius 2 is 0.743 bits per heavy atom. The van der Waals surface area contributed by atoms with E-state index in [9.17, 15) is 0 Å². The molecule has 70 heavy (non-hydrogen) atoms. The summed E-state index contributed by atoms with van der Waals surface area (Å²) in [6, 6.07) is 51.7. The Labute approximate surface area is 425 Å². The zero-order valence-electron chi connectivity index (χ0n) is 44.4. The molecule has 0 saturated heterocycles. The van der Waals surface area contributed by atoms with Gasteiger partial charge in [0.05, 0.1) is 11.4 Å². The van der Waals surface area contributed by atoms with Crippen LogP contribution in [0.3, 0.4) is 0 Å². The summed E-state index contributed by atoms with van der Waals surface area (Å²) in [5.74, 6) is 0. The molecule has 0 saturated carbocycles. The molecular formula is C66H72BClN2. The topological polar surface area (TPSA) is 6.48 Å². The molecule has 0 amide bonds. The lowest BCUT2D eigenvalue weighted by molar-refractivity contribution is 0.332. The van der Waals surface area contributed by atoms with Crippen molar-refractivity contribution in [1.29, 1.82) is 0 Å². The van der Waals surface area contributed by atoms with E-state index in [1.807, 2.05) is 0 Å². The molecule has 7 aromatic rings. The van der Waals surface area contributed by atoms with Crippen LogP contribution < -0.4 is 26.2 Å². The van der Waals surface area contributed by atoms with Crippen molar-refractivity contribution < 1.29 is 0 Å². The van der Waals surface area contributed by atoms with Gasteiger partial charge in [0, 0.05) is 38.9 Å². The number of anilines is 6. The van der Waals surface area contributed by atoms with E-state index in [1.54, 1.807) is 0 Å². The number of fused-ring (bicyclic) bond motifs is 6. The lowest BCUT2D eigenvalue weighted by atomic mass is 9.32. The highest BCUT2D eigenvalue weighted by atomic mass is 35.5. The molecule has 2 aliphatic heterocycles. The van der Waals surface area contributed by atoms with Crippen LogP contribution in [-0.2, 0) is 32.5 Å². The minimum absolute atomic E-state index is 0.00663. The van der Waals surface area contributed by atoms with E-state index in [0.717, 1.165) is 42.1 Å². The Kier molecular flexibility index (Phi) is 10.5. The molecule has 0 spiro atoms. The zero-order valence-corrected chi connectivity index (χ0v) is 45.1. The normalized spacial score (nSPS) is 18.1. The largest absolute Gasteiger partial charge is 0.311 e. The lowest BCUT2D eigenvalue weighted by Crippen LogP contribution is -2.62. The van der Waals surface area contributed by atoms with Gasteiger partial charge in [-0.2, -0.15) is 0 Å². The minimum Gasteiger partial charge on any atom is -0.311 e. The van der Waals surface area contributed by atoms with Crippen molar-refractivity contribution in [3.8, 4) is 22.3 Å². The number of benzene rings is 7. The molecule has 356 valence electrons. The second kappa shape index (κ2) is 15.7. The van der Waals surface area contributed by atoms with Gasteiger partial charge in [0.25, 0.3) is 6.71 Å². The Balaban J connectivity index is 1.31. The molecule has 2 aliphatic carbocycles. The van der Waals surface area contributed by atoms with E-state index in [-0.39, 0.29) is 39.2 Å². The molecular weight excluding hydrogens is 867 g/mol. The lowest BCUT2D eigenvalue weighted by Gasteiger charge is -2.49. The Morgan fingerprint density at radius 1 is 0.400 bits per heavy atom. The molecule has 2 heterocycles. The number of nitrogens with zero attached hydrogens (tertiary/aromatic N) is 2. The third-order valence-corrected chi connectivity index (χ3v) is 17.6. The van der Waals surface area contributed by atoms with Gasteiger partial charge in [0.15, 0.2) is 0 Å². The zero-order chi connectivity index (χ0) is 49.7. The molecule has 2 nitrogen and oxygen atoms in total. The maximum atomic E-state index is 7.72. The standard InChI is InChI=1S/C66H72BClN2/c1-61(2,3)43-25-27-54(46(33-43)41-21-17-15-18-22-41)69-56-39-50-48(63(7,8)29-31-65(50,11)12)37-52(56)67-53-38-49-51(66(13,14)32-30-64(49,9)10)40-57(53)70(59-36-45(68)35-58(69)60(59)67)55-28-26-44(62(4,5)6)34-47(55)42-23-19-16-20-24-42/h15-28,33-40H,29-32H2,1-14H3. The van der Waals surface area contributed by atoms with Crippen LogP contribution in [0.15, 0.2) is 133 Å². The second-order valence-electron chi connectivity index (χ2n) is 26.1. The van der Waals surface area contributed by atoms with Crippen molar-refractivity contribution in [3.05, 3.63) is 172 Å². The van der Waals surface area contributed by atoms with Gasteiger partial charge >= 0.3 is 0 Å². The summed E-state index contributed by atoms with van der Waals surface area (Å²) in [5, 5.41) is 0.730. The number of hydrogen-bond donors (Lipinski definition) is 0. The Morgan fingerprint density at radius 3 is 1.09 bits per heavy atom. The van der Waals surface area contributed by atoms with Gasteiger partial charge in [-0.1, -0.05) is 193 Å².